The fraction of sp³-hybridized carbons (Fsp3) is 1.00. The predicted molar refractivity (Wildman–Crippen MR) is 35.0 cm³/mol. The van der Waals surface area contributed by atoms with Gasteiger partial charge >= 0.3 is 0 Å². The van der Waals surface area contributed by atoms with Gasteiger partial charge in [0.1, 0.15) is 6.67 Å². The van der Waals surface area contributed by atoms with Crippen LogP contribution in [0.25, 0.3) is 0 Å². The third-order valence-corrected chi connectivity index (χ3v) is 1.03. The summed E-state index contributed by atoms with van der Waals surface area (Å²) in [5, 5.41) is 14.1. The van der Waals surface area contributed by atoms with Gasteiger partial charge in [0.25, 0.3) is 0 Å². The smallest absolute Gasteiger partial charge is 0.131 e. The molecule has 0 aliphatic rings. The number of aliphatic hydroxyl groups is 1. The molecule has 9 heavy (non-hydrogen) atoms. The van der Waals surface area contributed by atoms with Crippen molar-refractivity contribution in [2.24, 2.45) is 5.18 Å². The molecule has 0 rings (SSSR count). The molecule has 0 fully saturated rings. The molecule has 0 amide bonds. The van der Waals surface area contributed by atoms with Crippen molar-refractivity contribution in [3.8, 4) is 0 Å². The van der Waals surface area contributed by atoms with Gasteiger partial charge in [-0.25, -0.2) is 0 Å². The van der Waals surface area contributed by atoms with E-state index in [1.54, 1.807) is 0 Å². The van der Waals surface area contributed by atoms with Crippen molar-refractivity contribution >= 4 is 0 Å². The number of hydrogen-bond acceptors (Lipinski definition) is 4. The molecule has 0 saturated heterocycles. The van der Waals surface area contributed by atoms with Crippen LogP contribution in [-0.4, -0.2) is 24.4 Å². The molecule has 54 valence electrons. The zero-order chi connectivity index (χ0) is 7.11. The Labute approximate surface area is 54.2 Å². The minimum Gasteiger partial charge on any atom is -0.392 e. The molecule has 4 nitrogen and oxygen atoms in total. The second kappa shape index (κ2) is 5.65. The van der Waals surface area contributed by atoms with Crippen LogP contribution in [0.1, 0.15) is 13.3 Å². The molecule has 1 unspecified atom stereocenters. The zero-order valence-corrected chi connectivity index (χ0v) is 5.50. The number of aliphatic hydroxyl groups excluding tert-OH is 1. The summed E-state index contributed by atoms with van der Waals surface area (Å²) in [6.45, 7) is 2.40. The van der Waals surface area contributed by atoms with Crippen LogP contribution in [-0.2, 0) is 0 Å². The Morgan fingerprint density at radius 2 is 2.44 bits per heavy atom. The van der Waals surface area contributed by atoms with E-state index in [0.29, 0.717) is 13.0 Å². The third kappa shape index (κ3) is 5.39. The summed E-state index contributed by atoms with van der Waals surface area (Å²) in [6, 6.07) is 0. The van der Waals surface area contributed by atoms with Crippen molar-refractivity contribution < 1.29 is 5.11 Å². The molecule has 0 aromatic rings. The lowest BCUT2D eigenvalue weighted by atomic mass is 10.3. The fourth-order valence-corrected chi connectivity index (χ4v) is 0.421. The molecule has 0 aromatic carbocycles. The minimum absolute atomic E-state index is 0.0804. The molecule has 0 heterocycles. The summed E-state index contributed by atoms with van der Waals surface area (Å²) >= 11 is 0. The van der Waals surface area contributed by atoms with Gasteiger partial charge in [0.15, 0.2) is 0 Å². The van der Waals surface area contributed by atoms with Gasteiger partial charge in [-0.2, -0.15) is 0 Å². The number of nitrogens with zero attached hydrogens (tertiary/aromatic N) is 1. The van der Waals surface area contributed by atoms with Gasteiger partial charge in [-0.1, -0.05) is 12.1 Å². The van der Waals surface area contributed by atoms with Crippen molar-refractivity contribution in [2.75, 3.05) is 13.2 Å². The van der Waals surface area contributed by atoms with Gasteiger partial charge in [-0.15, -0.1) is 4.91 Å². The van der Waals surface area contributed by atoms with Crippen molar-refractivity contribution in [3.63, 3.8) is 0 Å². The Hall–Kier alpha value is -0.480. The van der Waals surface area contributed by atoms with Gasteiger partial charge in [-0.3, -0.25) is 5.32 Å². The summed E-state index contributed by atoms with van der Waals surface area (Å²) in [5.41, 5.74) is 0. The number of hydrogen-bond donors (Lipinski definition) is 2. The van der Waals surface area contributed by atoms with E-state index in [4.69, 9.17) is 5.11 Å². The van der Waals surface area contributed by atoms with Crippen molar-refractivity contribution in [1.82, 2.24) is 5.32 Å². The Morgan fingerprint density at radius 3 is 2.89 bits per heavy atom. The normalized spacial score (nSPS) is 13.1. The SMILES string of the molecule is CCC(O)CNCN=O. The Kier molecular flexibility index (Phi) is 5.35. The van der Waals surface area contributed by atoms with E-state index in [1.807, 2.05) is 6.92 Å². The van der Waals surface area contributed by atoms with Gasteiger partial charge in [0.05, 0.1) is 6.10 Å². The van der Waals surface area contributed by atoms with E-state index in [0.717, 1.165) is 0 Å². The van der Waals surface area contributed by atoms with E-state index in [9.17, 15) is 4.91 Å². The second-order valence-electron chi connectivity index (χ2n) is 1.80. The maximum Gasteiger partial charge on any atom is 0.131 e. The Morgan fingerprint density at radius 1 is 1.78 bits per heavy atom. The molecular weight excluding hydrogens is 120 g/mol. The molecule has 2 N–H and O–H groups in total. The van der Waals surface area contributed by atoms with Crippen LogP contribution in [0.3, 0.4) is 0 Å². The van der Waals surface area contributed by atoms with Gasteiger partial charge in [-0.05, 0) is 6.42 Å². The molecule has 0 aromatic heterocycles. The lowest BCUT2D eigenvalue weighted by molar-refractivity contribution is 0.168. The third-order valence-electron chi connectivity index (χ3n) is 1.03. The fourth-order valence-electron chi connectivity index (χ4n) is 0.421. The molecule has 0 spiro atoms. The number of nitrogens with one attached hydrogen (secondary N) is 1. The van der Waals surface area contributed by atoms with Crippen LogP contribution in [0.15, 0.2) is 5.18 Å². The van der Waals surface area contributed by atoms with E-state index in [2.05, 4.69) is 10.5 Å². The monoisotopic (exact) mass is 132 g/mol. The molecule has 1 atom stereocenters. The molecule has 0 aliphatic heterocycles. The van der Waals surface area contributed by atoms with Gasteiger partial charge in [0, 0.05) is 6.54 Å². The van der Waals surface area contributed by atoms with Crippen LogP contribution >= 0.6 is 0 Å². The average molecular weight is 132 g/mol. The van der Waals surface area contributed by atoms with Gasteiger partial charge < -0.3 is 5.11 Å². The van der Waals surface area contributed by atoms with Crippen LogP contribution in [0.2, 0.25) is 0 Å². The van der Waals surface area contributed by atoms with E-state index in [-0.39, 0.29) is 12.8 Å². The number of rotatable bonds is 5. The summed E-state index contributed by atoms with van der Waals surface area (Å²) in [5.74, 6) is 0. The molecule has 0 bridgehead atoms. The Bertz CT molecular complexity index is 77.4. The summed E-state index contributed by atoms with van der Waals surface area (Å²) in [6.07, 6.45) is 0.345. The first kappa shape index (κ1) is 8.52. The van der Waals surface area contributed by atoms with Gasteiger partial charge in [0.2, 0.25) is 0 Å². The van der Waals surface area contributed by atoms with Crippen LogP contribution < -0.4 is 5.32 Å². The Balaban J connectivity index is 2.96. The summed E-state index contributed by atoms with van der Waals surface area (Å²) in [7, 11) is 0. The topological polar surface area (TPSA) is 61.7 Å². The zero-order valence-electron chi connectivity index (χ0n) is 5.50. The highest BCUT2D eigenvalue weighted by molar-refractivity contribution is 4.54. The first-order chi connectivity index (χ1) is 4.31. The molecular formula is C5H12N2O2. The molecule has 0 radical (unpaired) electrons. The first-order valence-electron chi connectivity index (χ1n) is 2.99. The van der Waals surface area contributed by atoms with Crippen LogP contribution in [0.4, 0.5) is 0 Å². The van der Waals surface area contributed by atoms with Crippen LogP contribution in [0.5, 0.6) is 0 Å². The van der Waals surface area contributed by atoms with E-state index >= 15 is 0 Å². The highest BCUT2D eigenvalue weighted by Crippen LogP contribution is 1.84. The number of nitroso groups, excluding NO2 is 1. The highest BCUT2D eigenvalue weighted by Gasteiger charge is 1.96. The lowest BCUT2D eigenvalue weighted by Gasteiger charge is -2.04. The molecule has 0 aliphatic carbocycles. The first-order valence-corrected chi connectivity index (χ1v) is 2.99. The quantitative estimate of drug-likeness (QED) is 0.411. The van der Waals surface area contributed by atoms with Crippen molar-refractivity contribution in [2.45, 2.75) is 19.4 Å². The predicted octanol–water partition coefficient (Wildman–Crippen LogP) is 0.0708. The second-order valence-corrected chi connectivity index (χ2v) is 1.80. The average Bonchev–Trinajstić information content (AvgIpc) is 1.89. The standard InChI is InChI=1S/C5H12N2O2/c1-2-5(8)3-6-4-7-9/h5-6,8H,2-4H2,1H3. The van der Waals surface area contributed by atoms with Crippen LogP contribution in [0, 0.1) is 4.91 Å². The van der Waals surface area contributed by atoms with Crippen molar-refractivity contribution in [3.05, 3.63) is 4.91 Å². The largest absolute Gasteiger partial charge is 0.392 e. The van der Waals surface area contributed by atoms with E-state index in [1.165, 1.54) is 0 Å². The maximum absolute atomic E-state index is 9.48. The molecule has 0 saturated carbocycles. The highest BCUT2D eigenvalue weighted by atomic mass is 16.3. The maximum atomic E-state index is 9.48. The summed E-state index contributed by atoms with van der Waals surface area (Å²) in [4.78, 5) is 9.48. The lowest BCUT2D eigenvalue weighted by Crippen LogP contribution is -2.25. The van der Waals surface area contributed by atoms with E-state index < -0.39 is 0 Å². The summed E-state index contributed by atoms with van der Waals surface area (Å²) < 4.78 is 0. The minimum atomic E-state index is -0.355. The van der Waals surface area contributed by atoms with Crippen molar-refractivity contribution in [1.29, 1.82) is 0 Å². The molecule has 4 heteroatoms.